The largest absolute Gasteiger partial charge is 0.357 e. The molecule has 1 aliphatic heterocycles. The number of amides is 1. The second kappa shape index (κ2) is 11.9. The van der Waals surface area contributed by atoms with Gasteiger partial charge >= 0.3 is 0 Å². The summed E-state index contributed by atoms with van der Waals surface area (Å²) >= 11 is 0. The zero-order valence-corrected chi connectivity index (χ0v) is 18.4. The van der Waals surface area contributed by atoms with E-state index < -0.39 is 0 Å². The summed E-state index contributed by atoms with van der Waals surface area (Å²) in [6.07, 6.45) is 2.69. The zero-order valence-electron chi connectivity index (χ0n) is 16.0. The van der Waals surface area contributed by atoms with Crippen LogP contribution in [0.5, 0.6) is 0 Å². The quantitative estimate of drug-likeness (QED) is 0.242. The first-order valence-electron chi connectivity index (χ1n) is 8.79. The molecule has 0 aromatic carbocycles. The van der Waals surface area contributed by atoms with E-state index in [2.05, 4.69) is 50.4 Å². The summed E-state index contributed by atoms with van der Waals surface area (Å²) in [6, 6.07) is 0. The predicted octanol–water partition coefficient (Wildman–Crippen LogP) is 1.76. The Morgan fingerprint density at radius 2 is 2.04 bits per heavy atom. The fraction of sp³-hybridized carbons (Fsp3) is 0.882. The van der Waals surface area contributed by atoms with Gasteiger partial charge in [0.25, 0.3) is 0 Å². The van der Waals surface area contributed by atoms with Crippen LogP contribution in [0.2, 0.25) is 0 Å². The minimum atomic E-state index is 0. The number of aliphatic imine (C=N–C) groups is 1. The molecule has 0 spiro atoms. The Balaban J connectivity index is 0.00000529. The number of hydrogen-bond donors (Lipinski definition) is 2. The van der Waals surface area contributed by atoms with Crippen molar-refractivity contribution < 1.29 is 4.79 Å². The summed E-state index contributed by atoms with van der Waals surface area (Å²) in [5.41, 5.74) is 0.147. The van der Waals surface area contributed by atoms with Crippen LogP contribution in [0.3, 0.4) is 0 Å². The second-order valence-electron chi connectivity index (χ2n) is 7.36. The fourth-order valence-corrected chi connectivity index (χ4v) is 2.96. The average Bonchev–Trinajstić information content (AvgIpc) is 2.85. The highest BCUT2D eigenvalue weighted by molar-refractivity contribution is 14.0. The van der Waals surface area contributed by atoms with Crippen molar-refractivity contribution in [3.8, 4) is 0 Å². The molecule has 0 radical (unpaired) electrons. The van der Waals surface area contributed by atoms with Crippen LogP contribution in [0.1, 0.15) is 40.0 Å². The highest BCUT2D eigenvalue weighted by Gasteiger charge is 2.20. The summed E-state index contributed by atoms with van der Waals surface area (Å²) in [4.78, 5) is 20.4. The van der Waals surface area contributed by atoms with E-state index in [0.29, 0.717) is 5.91 Å². The first-order chi connectivity index (χ1) is 10.8. The van der Waals surface area contributed by atoms with E-state index in [9.17, 15) is 4.79 Å². The molecule has 0 aromatic heterocycles. The van der Waals surface area contributed by atoms with Gasteiger partial charge < -0.3 is 20.4 Å². The van der Waals surface area contributed by atoms with Crippen molar-refractivity contribution >= 4 is 35.8 Å². The lowest BCUT2D eigenvalue weighted by atomic mass is 9.93. The average molecular weight is 453 g/mol. The summed E-state index contributed by atoms with van der Waals surface area (Å²) in [5.74, 6) is 1.17. The normalized spacial score (nSPS) is 15.7. The third kappa shape index (κ3) is 9.66. The van der Waals surface area contributed by atoms with Gasteiger partial charge in [-0.2, -0.15) is 0 Å². The maximum Gasteiger partial charge on any atom is 0.222 e. The zero-order chi connectivity index (χ0) is 17.3. The van der Waals surface area contributed by atoms with E-state index >= 15 is 0 Å². The SMILES string of the molecule is CCNC(=NCC(C)(C)CN(C)C)NCCCN1CCCC1=O.I. The van der Waals surface area contributed by atoms with E-state index in [1.807, 2.05) is 4.90 Å². The summed E-state index contributed by atoms with van der Waals surface area (Å²) in [5, 5.41) is 6.66. The number of nitrogens with one attached hydrogen (secondary N) is 2. The van der Waals surface area contributed by atoms with Gasteiger partial charge in [-0.25, -0.2) is 0 Å². The van der Waals surface area contributed by atoms with E-state index in [1.54, 1.807) is 0 Å². The molecule has 0 aromatic rings. The molecular weight excluding hydrogens is 417 g/mol. The maximum atomic E-state index is 11.6. The van der Waals surface area contributed by atoms with Gasteiger partial charge in [0.15, 0.2) is 5.96 Å². The second-order valence-corrected chi connectivity index (χ2v) is 7.36. The Bertz CT molecular complexity index is 398. The molecule has 1 aliphatic rings. The lowest BCUT2D eigenvalue weighted by molar-refractivity contribution is -0.127. The summed E-state index contributed by atoms with van der Waals surface area (Å²) < 4.78 is 0. The predicted molar refractivity (Wildman–Crippen MR) is 112 cm³/mol. The molecule has 1 heterocycles. The molecule has 1 fully saturated rings. The van der Waals surface area contributed by atoms with Gasteiger partial charge in [0.1, 0.15) is 0 Å². The number of nitrogens with zero attached hydrogens (tertiary/aromatic N) is 3. The van der Waals surface area contributed by atoms with Gasteiger partial charge in [0.2, 0.25) is 5.91 Å². The smallest absolute Gasteiger partial charge is 0.222 e. The maximum absolute atomic E-state index is 11.6. The Hall–Kier alpha value is -0.570. The van der Waals surface area contributed by atoms with Crippen LogP contribution >= 0.6 is 24.0 Å². The number of halogens is 1. The number of rotatable bonds is 9. The number of hydrogen-bond acceptors (Lipinski definition) is 3. The van der Waals surface area contributed by atoms with Gasteiger partial charge in [-0.3, -0.25) is 9.79 Å². The van der Waals surface area contributed by atoms with E-state index in [1.165, 1.54) is 0 Å². The highest BCUT2D eigenvalue weighted by Crippen LogP contribution is 2.16. The molecule has 2 N–H and O–H groups in total. The van der Waals surface area contributed by atoms with Crippen molar-refractivity contribution in [2.24, 2.45) is 10.4 Å². The first kappa shape index (κ1) is 23.4. The molecule has 0 atom stereocenters. The topological polar surface area (TPSA) is 60.0 Å². The number of carbonyl (C=O) groups excluding carboxylic acids is 1. The Morgan fingerprint density at radius 3 is 2.58 bits per heavy atom. The Morgan fingerprint density at radius 1 is 1.33 bits per heavy atom. The van der Waals surface area contributed by atoms with E-state index in [0.717, 1.165) is 64.5 Å². The van der Waals surface area contributed by atoms with Gasteiger partial charge in [-0.1, -0.05) is 13.8 Å². The van der Waals surface area contributed by atoms with Crippen molar-refractivity contribution in [1.82, 2.24) is 20.4 Å². The van der Waals surface area contributed by atoms with Gasteiger partial charge in [-0.15, -0.1) is 24.0 Å². The summed E-state index contributed by atoms with van der Waals surface area (Å²) in [7, 11) is 4.18. The molecular formula is C17H36IN5O. The monoisotopic (exact) mass is 453 g/mol. The molecule has 1 rings (SSSR count). The molecule has 0 unspecified atom stereocenters. The van der Waals surface area contributed by atoms with Gasteiger partial charge in [0, 0.05) is 45.7 Å². The molecule has 6 nitrogen and oxygen atoms in total. The molecule has 0 saturated carbocycles. The highest BCUT2D eigenvalue weighted by atomic mass is 127. The minimum Gasteiger partial charge on any atom is -0.357 e. The van der Waals surface area contributed by atoms with Crippen molar-refractivity contribution in [3.05, 3.63) is 0 Å². The molecule has 7 heteroatoms. The van der Waals surface area contributed by atoms with Crippen LogP contribution in [0.25, 0.3) is 0 Å². The number of guanidine groups is 1. The fourth-order valence-electron chi connectivity index (χ4n) is 2.96. The number of carbonyl (C=O) groups is 1. The molecule has 24 heavy (non-hydrogen) atoms. The van der Waals surface area contributed by atoms with Gasteiger partial charge in [-0.05, 0) is 39.3 Å². The van der Waals surface area contributed by atoms with Crippen molar-refractivity contribution in [1.29, 1.82) is 0 Å². The summed E-state index contributed by atoms with van der Waals surface area (Å²) in [6.45, 7) is 11.8. The van der Waals surface area contributed by atoms with Crippen molar-refractivity contribution in [2.75, 3.05) is 53.4 Å². The van der Waals surface area contributed by atoms with Crippen LogP contribution in [0.4, 0.5) is 0 Å². The van der Waals surface area contributed by atoms with Crippen molar-refractivity contribution in [3.63, 3.8) is 0 Å². The molecule has 1 saturated heterocycles. The molecule has 1 amide bonds. The van der Waals surface area contributed by atoms with E-state index in [4.69, 9.17) is 4.99 Å². The van der Waals surface area contributed by atoms with Crippen molar-refractivity contribution in [2.45, 2.75) is 40.0 Å². The lowest BCUT2D eigenvalue weighted by Crippen LogP contribution is -2.40. The van der Waals surface area contributed by atoms with Crippen LogP contribution in [-0.4, -0.2) is 75.0 Å². The lowest BCUT2D eigenvalue weighted by Gasteiger charge is -2.26. The standard InChI is InChI=1S/C17H35N5O.HI/c1-6-18-16(20-13-17(2,3)14-21(4)5)19-10-8-12-22-11-7-9-15(22)23;/h6-14H2,1-5H3,(H2,18,19,20);1H. The third-order valence-corrected chi connectivity index (χ3v) is 3.82. The van der Waals surface area contributed by atoms with Crippen LogP contribution in [0.15, 0.2) is 4.99 Å². The molecule has 0 aliphatic carbocycles. The van der Waals surface area contributed by atoms with Gasteiger partial charge in [0.05, 0.1) is 0 Å². The minimum absolute atomic E-state index is 0. The van der Waals surface area contributed by atoms with Crippen LogP contribution in [-0.2, 0) is 4.79 Å². The van der Waals surface area contributed by atoms with E-state index in [-0.39, 0.29) is 29.4 Å². The third-order valence-electron chi connectivity index (χ3n) is 3.82. The van der Waals surface area contributed by atoms with Crippen LogP contribution in [0, 0.1) is 5.41 Å². The Labute approximate surface area is 164 Å². The Kier molecular flexibility index (Phi) is 11.6. The number of likely N-dealkylation sites (tertiary alicyclic amines) is 1. The molecule has 0 bridgehead atoms. The van der Waals surface area contributed by atoms with Crippen LogP contribution < -0.4 is 10.6 Å². The first-order valence-corrected chi connectivity index (χ1v) is 8.79. The molecule has 142 valence electrons.